The van der Waals surface area contributed by atoms with Gasteiger partial charge in [-0.3, -0.25) is 0 Å². The molecule has 0 saturated carbocycles. The molecule has 0 atom stereocenters. The van der Waals surface area contributed by atoms with Crippen molar-refractivity contribution >= 4 is 79.2 Å². The molecule has 4 heteroatoms. The number of furan rings is 1. The number of aryl methyl sites for hydroxylation is 2. The van der Waals surface area contributed by atoms with Crippen LogP contribution in [0, 0.1) is 13.8 Å². The molecule has 8 aromatic rings. The highest BCUT2D eigenvalue weighted by Crippen LogP contribution is 2.53. The van der Waals surface area contributed by atoms with Gasteiger partial charge < -0.3 is 14.2 Å². The third-order valence-corrected chi connectivity index (χ3v) is 15.3. The summed E-state index contributed by atoms with van der Waals surface area (Å²) in [5.41, 5.74) is 23.8. The lowest BCUT2D eigenvalue weighted by Gasteiger charge is -2.48. The van der Waals surface area contributed by atoms with Crippen molar-refractivity contribution in [3.05, 3.63) is 161 Å². The Morgan fingerprint density at radius 1 is 0.500 bits per heavy atom. The van der Waals surface area contributed by atoms with Crippen molar-refractivity contribution < 1.29 is 4.42 Å². The van der Waals surface area contributed by atoms with Crippen molar-refractivity contribution in [1.29, 1.82) is 0 Å². The lowest BCUT2D eigenvalue weighted by Crippen LogP contribution is -2.62. The van der Waals surface area contributed by atoms with Gasteiger partial charge in [0.15, 0.2) is 0 Å². The lowest BCUT2D eigenvalue weighted by molar-refractivity contribution is 0.332. The molecule has 2 aliphatic heterocycles. The quantitative estimate of drug-likeness (QED) is 0.165. The number of anilines is 6. The molecule has 3 heterocycles. The van der Waals surface area contributed by atoms with Gasteiger partial charge in [-0.05, 0) is 158 Å². The summed E-state index contributed by atoms with van der Waals surface area (Å²) in [7, 11) is 0. The van der Waals surface area contributed by atoms with Gasteiger partial charge in [0, 0.05) is 33.8 Å². The van der Waals surface area contributed by atoms with Crippen LogP contribution in [0.15, 0.2) is 132 Å². The number of benzene rings is 7. The molecule has 0 amide bonds. The second-order valence-corrected chi connectivity index (χ2v) is 22.6. The fourth-order valence-corrected chi connectivity index (χ4v) is 11.4. The predicted octanol–water partition coefficient (Wildman–Crippen LogP) is 14.9. The van der Waals surface area contributed by atoms with Crippen LogP contribution >= 0.6 is 0 Å². The topological polar surface area (TPSA) is 19.6 Å². The van der Waals surface area contributed by atoms with E-state index in [4.69, 9.17) is 4.42 Å². The van der Waals surface area contributed by atoms with E-state index >= 15 is 0 Å². The summed E-state index contributed by atoms with van der Waals surface area (Å²) < 4.78 is 6.87. The Labute approximate surface area is 381 Å². The molecule has 0 spiro atoms. The minimum Gasteiger partial charge on any atom is -0.456 e. The van der Waals surface area contributed by atoms with Crippen LogP contribution in [0.25, 0.3) is 33.1 Å². The van der Waals surface area contributed by atoms with E-state index in [0.717, 1.165) is 24.0 Å². The van der Waals surface area contributed by atoms with Crippen molar-refractivity contribution in [2.75, 3.05) is 9.80 Å². The Morgan fingerprint density at radius 3 is 1.77 bits per heavy atom. The average molecular weight is 837 g/mol. The maximum atomic E-state index is 6.87. The average Bonchev–Trinajstić information content (AvgIpc) is 3.63. The summed E-state index contributed by atoms with van der Waals surface area (Å²) in [5.74, 6) is 0. The fourth-order valence-electron chi connectivity index (χ4n) is 11.4. The van der Waals surface area contributed by atoms with Crippen LogP contribution in [-0.4, -0.2) is 6.71 Å². The van der Waals surface area contributed by atoms with E-state index in [1.54, 1.807) is 0 Å². The lowest BCUT2D eigenvalue weighted by atomic mass is 9.33. The number of fused-ring (bicyclic) bond motifs is 9. The molecule has 0 bridgehead atoms. The van der Waals surface area contributed by atoms with Gasteiger partial charge in [0.2, 0.25) is 0 Å². The number of hydrogen-bond donors (Lipinski definition) is 0. The molecule has 3 nitrogen and oxygen atoms in total. The minimum absolute atomic E-state index is 0.0247. The van der Waals surface area contributed by atoms with Crippen LogP contribution in [0.5, 0.6) is 0 Å². The Hall–Kier alpha value is -6.00. The number of hydrogen-bond acceptors (Lipinski definition) is 3. The third-order valence-electron chi connectivity index (χ3n) is 15.3. The largest absolute Gasteiger partial charge is 0.456 e. The normalized spacial score (nSPS) is 16.2. The first kappa shape index (κ1) is 40.8. The van der Waals surface area contributed by atoms with Crippen molar-refractivity contribution in [3.63, 3.8) is 0 Å². The first-order valence-electron chi connectivity index (χ1n) is 23.5. The van der Waals surface area contributed by atoms with Crippen LogP contribution in [-0.2, 0) is 21.7 Å². The third kappa shape index (κ3) is 6.08. The Kier molecular flexibility index (Phi) is 8.76. The van der Waals surface area contributed by atoms with Gasteiger partial charge in [0.25, 0.3) is 6.71 Å². The Morgan fingerprint density at radius 2 is 1.09 bits per heavy atom. The highest BCUT2D eigenvalue weighted by Gasteiger charge is 2.47. The van der Waals surface area contributed by atoms with E-state index in [0.29, 0.717) is 0 Å². The summed E-state index contributed by atoms with van der Waals surface area (Å²) in [6.45, 7) is 28.3. The van der Waals surface area contributed by atoms with Crippen LogP contribution in [0.4, 0.5) is 34.1 Å². The number of para-hydroxylation sites is 1. The fraction of sp³-hybridized carbons (Fsp3) is 0.300. The molecule has 0 fully saturated rings. The molecule has 1 aromatic heterocycles. The van der Waals surface area contributed by atoms with Crippen molar-refractivity contribution in [2.24, 2.45) is 0 Å². The summed E-state index contributed by atoms with van der Waals surface area (Å²) in [6.07, 6.45) is 2.31. The monoisotopic (exact) mass is 836 g/mol. The van der Waals surface area contributed by atoms with Gasteiger partial charge in [0.05, 0.1) is 11.1 Å². The van der Waals surface area contributed by atoms with Gasteiger partial charge in [-0.25, -0.2) is 0 Å². The van der Waals surface area contributed by atoms with Crippen LogP contribution in [0.3, 0.4) is 0 Å². The molecule has 11 rings (SSSR count). The van der Waals surface area contributed by atoms with Crippen molar-refractivity contribution in [1.82, 2.24) is 0 Å². The zero-order valence-electron chi connectivity index (χ0n) is 39.9. The van der Waals surface area contributed by atoms with Gasteiger partial charge in [-0.1, -0.05) is 148 Å². The molecule has 0 unspecified atom stereocenters. The molecule has 320 valence electrons. The van der Waals surface area contributed by atoms with Gasteiger partial charge in [-0.15, -0.1) is 0 Å². The highest BCUT2D eigenvalue weighted by molar-refractivity contribution is 7.00. The Balaban J connectivity index is 1.34. The van der Waals surface area contributed by atoms with Crippen molar-refractivity contribution in [2.45, 2.75) is 118 Å². The maximum Gasteiger partial charge on any atom is 0.252 e. The molecule has 1 aliphatic carbocycles. The molecule has 64 heavy (non-hydrogen) atoms. The molecule has 0 N–H and O–H groups in total. The van der Waals surface area contributed by atoms with E-state index < -0.39 is 0 Å². The second-order valence-electron chi connectivity index (χ2n) is 22.6. The molecule has 7 aromatic carbocycles. The first-order valence-corrected chi connectivity index (χ1v) is 23.5. The van der Waals surface area contributed by atoms with Crippen molar-refractivity contribution in [3.8, 4) is 11.1 Å². The van der Waals surface area contributed by atoms with E-state index in [1.165, 1.54) is 106 Å². The first-order chi connectivity index (χ1) is 30.3. The SMILES string of the molecule is Cc1cc(C(C)(C)C)ccc1N1c2cc3c(cc2B2c4ccc5oc6ccc(C(C)(C)C)cc6c5c4N(c4ccccc4C)c4cc(-c5ccccc5)cc1c42)C(C)(C)CCC3(C)C. The standard InChI is InChI=1S/C60H61BN2O/c1-36-18-16-17-21-47(36)63-51-32-39(38-19-14-13-15-20-38)31-50-55(51)61(45-24-27-53-54(56(45)63)42-33-41(58(6,7)8)23-26-52(42)64-53)46-34-43-44(60(11,12)29-28-59(43,9)10)35-49(46)62(50)48-25-22-40(30-37(48)2)57(3,4)5/h13-27,30-35H,28-29H2,1-12H3. The van der Waals surface area contributed by atoms with E-state index in [1.807, 2.05) is 0 Å². The van der Waals surface area contributed by atoms with Crippen LogP contribution in [0.2, 0.25) is 0 Å². The predicted molar refractivity (Wildman–Crippen MR) is 275 cm³/mol. The molecular weight excluding hydrogens is 775 g/mol. The zero-order chi connectivity index (χ0) is 44.8. The summed E-state index contributed by atoms with van der Waals surface area (Å²) in [6, 6.07) is 48.9. The summed E-state index contributed by atoms with van der Waals surface area (Å²) in [4.78, 5) is 5.26. The highest BCUT2D eigenvalue weighted by atomic mass is 16.3. The second kappa shape index (κ2) is 13.8. The van der Waals surface area contributed by atoms with Crippen LogP contribution in [0.1, 0.15) is 115 Å². The maximum absolute atomic E-state index is 6.87. The van der Waals surface area contributed by atoms with Gasteiger partial charge >= 0.3 is 0 Å². The van der Waals surface area contributed by atoms with E-state index in [2.05, 4.69) is 220 Å². The smallest absolute Gasteiger partial charge is 0.252 e. The molecule has 0 radical (unpaired) electrons. The van der Waals surface area contributed by atoms with Gasteiger partial charge in [-0.2, -0.15) is 0 Å². The minimum atomic E-state index is -0.0308. The number of nitrogens with zero attached hydrogens (tertiary/aromatic N) is 2. The zero-order valence-corrected chi connectivity index (χ0v) is 39.9. The number of rotatable bonds is 3. The van der Waals surface area contributed by atoms with E-state index in [-0.39, 0.29) is 28.4 Å². The van der Waals surface area contributed by atoms with E-state index in [9.17, 15) is 0 Å². The Bertz CT molecular complexity index is 3230. The van der Waals surface area contributed by atoms with Crippen LogP contribution < -0.4 is 26.2 Å². The molecular formula is C60H61BN2O. The molecule has 0 saturated heterocycles. The summed E-state index contributed by atoms with van der Waals surface area (Å²) in [5, 5.41) is 2.34. The van der Waals surface area contributed by atoms with Gasteiger partial charge in [0.1, 0.15) is 11.2 Å². The molecule has 3 aliphatic rings. The summed E-state index contributed by atoms with van der Waals surface area (Å²) >= 11 is 0.